The van der Waals surface area contributed by atoms with Crippen LogP contribution < -0.4 is 0 Å². The highest BCUT2D eigenvalue weighted by Gasteiger charge is 2.19. The van der Waals surface area contributed by atoms with Gasteiger partial charge in [0.05, 0.1) is 33.1 Å². The molecule has 2 nitrogen and oxygen atoms in total. The van der Waals surface area contributed by atoms with Gasteiger partial charge in [-0.1, -0.05) is 84.9 Å². The van der Waals surface area contributed by atoms with Crippen molar-refractivity contribution in [3.8, 4) is 22.9 Å². The van der Waals surface area contributed by atoms with Gasteiger partial charge in [0.2, 0.25) is 0 Å². The van der Waals surface area contributed by atoms with Gasteiger partial charge in [-0.25, -0.2) is 0 Å². The van der Waals surface area contributed by atoms with Crippen molar-refractivity contribution in [2.24, 2.45) is 0 Å². The number of benzene rings is 6. The first-order chi connectivity index (χ1) is 20.3. The van der Waals surface area contributed by atoms with Gasteiger partial charge in [-0.15, -0.1) is 22.7 Å². The molecule has 0 aliphatic rings. The Kier molecular flexibility index (Phi) is 4.74. The number of hydrogen-bond donors (Lipinski definition) is 0. The van der Waals surface area contributed by atoms with Crippen LogP contribution in [0.5, 0.6) is 0 Å². The number of nitrogens with zero attached hydrogens (tertiary/aromatic N) is 2. The summed E-state index contributed by atoms with van der Waals surface area (Å²) in [6.07, 6.45) is 0. The molecule has 0 radical (unpaired) electrons. The monoisotopic (exact) mass is 556 g/mol. The lowest BCUT2D eigenvalue weighted by atomic mass is 9.98. The van der Waals surface area contributed by atoms with Gasteiger partial charge in [0.25, 0.3) is 0 Å². The fourth-order valence-electron chi connectivity index (χ4n) is 6.49. The van der Waals surface area contributed by atoms with Crippen LogP contribution in [0.15, 0.2) is 121 Å². The highest BCUT2D eigenvalue weighted by molar-refractivity contribution is 7.27. The summed E-state index contributed by atoms with van der Waals surface area (Å²) in [4.78, 5) is 0. The van der Waals surface area contributed by atoms with Gasteiger partial charge in [0, 0.05) is 52.0 Å². The van der Waals surface area contributed by atoms with E-state index >= 15 is 0 Å². The summed E-state index contributed by atoms with van der Waals surface area (Å²) in [7, 11) is 0. The van der Waals surface area contributed by atoms with Crippen molar-refractivity contribution < 1.29 is 0 Å². The summed E-state index contributed by atoms with van der Waals surface area (Å²) in [6, 6.07) is 45.7. The van der Waals surface area contributed by atoms with E-state index in [0.29, 0.717) is 5.56 Å². The first-order valence-corrected chi connectivity index (χ1v) is 15.2. The van der Waals surface area contributed by atoms with Crippen LogP contribution >= 0.6 is 22.7 Å². The van der Waals surface area contributed by atoms with Crippen LogP contribution in [0.1, 0.15) is 5.56 Å². The van der Waals surface area contributed by atoms with Gasteiger partial charge in [0.15, 0.2) is 0 Å². The zero-order valence-electron chi connectivity index (χ0n) is 21.8. The van der Waals surface area contributed by atoms with Crippen LogP contribution in [0.3, 0.4) is 0 Å². The topological polar surface area (TPSA) is 28.7 Å². The Hall–Kier alpha value is -4.95. The average molecular weight is 557 g/mol. The van der Waals surface area contributed by atoms with Gasteiger partial charge < -0.3 is 4.57 Å². The maximum Gasteiger partial charge on any atom is 0.0992 e. The lowest BCUT2D eigenvalue weighted by Crippen LogP contribution is -1.94. The highest BCUT2D eigenvalue weighted by Crippen LogP contribution is 2.47. The largest absolute Gasteiger partial charge is 0.308 e. The molecule has 6 aromatic carbocycles. The SMILES string of the molecule is N#Cc1ccc2c3ccccc3n(-c3cccc4c3sc3cccc(-c5cccc6c5sc5ccccc56)c34)c2c1. The molecule has 0 amide bonds. The van der Waals surface area contributed by atoms with Crippen LogP contribution in [0, 0.1) is 11.3 Å². The number of rotatable bonds is 2. The van der Waals surface area contributed by atoms with Crippen molar-refractivity contribution in [3.05, 3.63) is 127 Å². The Labute approximate surface area is 243 Å². The molecule has 190 valence electrons. The van der Waals surface area contributed by atoms with Crippen molar-refractivity contribution in [2.75, 3.05) is 0 Å². The second kappa shape index (κ2) is 8.52. The van der Waals surface area contributed by atoms with Crippen molar-refractivity contribution in [1.82, 2.24) is 4.57 Å². The lowest BCUT2D eigenvalue weighted by molar-refractivity contribution is 1.20. The number of aromatic nitrogens is 1. The summed E-state index contributed by atoms with van der Waals surface area (Å²) in [5.74, 6) is 0. The molecule has 9 rings (SSSR count). The summed E-state index contributed by atoms with van der Waals surface area (Å²) in [5, 5.41) is 17.3. The van der Waals surface area contributed by atoms with Gasteiger partial charge in [-0.2, -0.15) is 5.26 Å². The molecule has 0 unspecified atom stereocenters. The van der Waals surface area contributed by atoms with Gasteiger partial charge in [-0.05, 0) is 42.0 Å². The van der Waals surface area contributed by atoms with Crippen molar-refractivity contribution >= 4 is 84.8 Å². The minimum absolute atomic E-state index is 0.670. The van der Waals surface area contributed by atoms with Crippen LogP contribution in [-0.4, -0.2) is 4.57 Å². The normalized spacial score (nSPS) is 11.9. The van der Waals surface area contributed by atoms with Crippen LogP contribution in [0.2, 0.25) is 0 Å². The Balaban J connectivity index is 1.38. The third-order valence-corrected chi connectivity index (χ3v) is 10.7. The Morgan fingerprint density at radius 1 is 0.512 bits per heavy atom. The molecule has 41 heavy (non-hydrogen) atoms. The van der Waals surface area contributed by atoms with Gasteiger partial charge in [0.1, 0.15) is 0 Å². The number of nitriles is 1. The quantitative estimate of drug-likeness (QED) is 0.208. The van der Waals surface area contributed by atoms with E-state index in [1.807, 2.05) is 34.8 Å². The Morgan fingerprint density at radius 2 is 1.20 bits per heavy atom. The van der Waals surface area contributed by atoms with E-state index in [4.69, 9.17) is 0 Å². The van der Waals surface area contributed by atoms with Crippen LogP contribution in [0.4, 0.5) is 0 Å². The fourth-order valence-corrected chi connectivity index (χ4v) is 8.96. The van der Waals surface area contributed by atoms with E-state index in [0.717, 1.165) is 22.1 Å². The molecule has 9 aromatic rings. The fraction of sp³-hybridized carbons (Fsp3) is 0. The van der Waals surface area contributed by atoms with E-state index < -0.39 is 0 Å². The minimum atomic E-state index is 0.670. The summed E-state index contributed by atoms with van der Waals surface area (Å²) >= 11 is 3.73. The standard InChI is InChI=1S/C37H20N2S2/c38-21-22-18-19-24-23-8-1-3-14-30(23)39(32(24)20-22)31-15-6-13-29-35-26(10-7-17-34(35)41-37(29)31)28-12-5-11-27-25-9-2-4-16-33(25)40-36(27)28/h1-20H. The minimum Gasteiger partial charge on any atom is -0.308 e. The van der Waals surface area contributed by atoms with Crippen molar-refractivity contribution in [3.63, 3.8) is 0 Å². The number of para-hydroxylation sites is 1. The summed E-state index contributed by atoms with van der Waals surface area (Å²) < 4.78 is 7.53. The number of fused-ring (bicyclic) bond motifs is 9. The number of thiophene rings is 2. The zero-order chi connectivity index (χ0) is 27.1. The molecule has 0 spiro atoms. The third kappa shape index (κ3) is 3.16. The molecule has 0 aliphatic carbocycles. The molecule has 0 bridgehead atoms. The molecule has 0 aliphatic heterocycles. The molecule has 4 heteroatoms. The Bertz CT molecular complexity index is 2550. The molecule has 0 fully saturated rings. The van der Waals surface area contributed by atoms with Crippen LogP contribution in [-0.2, 0) is 0 Å². The van der Waals surface area contributed by atoms with E-state index in [1.165, 1.54) is 56.9 Å². The van der Waals surface area contributed by atoms with E-state index in [9.17, 15) is 5.26 Å². The molecule has 0 N–H and O–H groups in total. The molecule has 3 heterocycles. The first-order valence-electron chi connectivity index (χ1n) is 13.6. The summed E-state index contributed by atoms with van der Waals surface area (Å²) in [5.41, 5.74) is 6.59. The van der Waals surface area contributed by atoms with Crippen LogP contribution in [0.25, 0.3) is 79.0 Å². The maximum atomic E-state index is 9.70. The molecule has 0 saturated carbocycles. The second-order valence-electron chi connectivity index (χ2n) is 10.4. The van der Waals surface area contributed by atoms with Crippen molar-refractivity contribution in [2.45, 2.75) is 0 Å². The molecule has 0 atom stereocenters. The van der Waals surface area contributed by atoms with E-state index in [2.05, 4.69) is 120 Å². The first kappa shape index (κ1) is 22.8. The smallest absolute Gasteiger partial charge is 0.0992 e. The zero-order valence-corrected chi connectivity index (χ0v) is 23.4. The molecule has 3 aromatic heterocycles. The third-order valence-electron chi connectivity index (χ3n) is 8.24. The number of hydrogen-bond acceptors (Lipinski definition) is 3. The highest BCUT2D eigenvalue weighted by atomic mass is 32.1. The Morgan fingerprint density at radius 3 is 2.12 bits per heavy atom. The van der Waals surface area contributed by atoms with Crippen molar-refractivity contribution in [1.29, 1.82) is 5.26 Å². The lowest BCUT2D eigenvalue weighted by Gasteiger charge is -2.10. The molecule has 0 saturated heterocycles. The summed E-state index contributed by atoms with van der Waals surface area (Å²) in [6.45, 7) is 0. The van der Waals surface area contributed by atoms with E-state index in [1.54, 1.807) is 0 Å². The van der Waals surface area contributed by atoms with Gasteiger partial charge in [-0.3, -0.25) is 0 Å². The predicted molar refractivity (Wildman–Crippen MR) is 177 cm³/mol. The second-order valence-corrected chi connectivity index (χ2v) is 12.5. The maximum absolute atomic E-state index is 9.70. The van der Waals surface area contributed by atoms with Gasteiger partial charge >= 0.3 is 0 Å². The molecular formula is C37H20N2S2. The average Bonchev–Trinajstić information content (AvgIpc) is 3.70. The molecular weight excluding hydrogens is 537 g/mol. The predicted octanol–water partition coefficient (Wildman–Crippen LogP) is 11.1. The van der Waals surface area contributed by atoms with E-state index in [-0.39, 0.29) is 0 Å².